The molecule has 1 heterocycles. The molecule has 0 radical (unpaired) electrons. The number of pyridine rings is 1. The van der Waals surface area contributed by atoms with Crippen molar-refractivity contribution >= 4 is 11.8 Å². The van der Waals surface area contributed by atoms with E-state index in [-0.39, 0.29) is 12.0 Å². The van der Waals surface area contributed by atoms with Gasteiger partial charge in [0.25, 0.3) is 11.8 Å². The summed E-state index contributed by atoms with van der Waals surface area (Å²) in [5.74, 6) is -4.43. The molecular formula is C18H20F2N4O2. The number of halogens is 2. The van der Waals surface area contributed by atoms with Crippen molar-refractivity contribution in [2.45, 2.75) is 18.4 Å². The third kappa shape index (κ3) is 5.89. The quantitative estimate of drug-likeness (QED) is 0.656. The Bertz CT molecular complexity index is 726. The first-order chi connectivity index (χ1) is 12.4. The highest BCUT2D eigenvalue weighted by atomic mass is 19.3. The van der Waals surface area contributed by atoms with Crippen LogP contribution in [0.4, 0.5) is 8.78 Å². The van der Waals surface area contributed by atoms with Crippen LogP contribution in [0.2, 0.25) is 0 Å². The monoisotopic (exact) mass is 362 g/mol. The van der Waals surface area contributed by atoms with E-state index < -0.39 is 36.9 Å². The van der Waals surface area contributed by atoms with Crippen LogP contribution in [0.25, 0.3) is 0 Å². The average Bonchev–Trinajstić information content (AvgIpc) is 2.67. The molecule has 4 N–H and O–H groups in total. The predicted octanol–water partition coefficient (Wildman–Crippen LogP) is 1.13. The second-order valence-corrected chi connectivity index (χ2v) is 5.74. The zero-order valence-corrected chi connectivity index (χ0v) is 14.0. The van der Waals surface area contributed by atoms with Crippen LogP contribution in [0.3, 0.4) is 0 Å². The van der Waals surface area contributed by atoms with Gasteiger partial charge in [-0.25, -0.2) is 8.78 Å². The number of hydrogen-bond donors (Lipinski definition) is 3. The van der Waals surface area contributed by atoms with Crippen LogP contribution in [0.5, 0.6) is 0 Å². The van der Waals surface area contributed by atoms with E-state index in [4.69, 9.17) is 5.73 Å². The molecule has 1 aromatic heterocycles. The molecule has 0 aliphatic heterocycles. The van der Waals surface area contributed by atoms with E-state index >= 15 is 0 Å². The van der Waals surface area contributed by atoms with Gasteiger partial charge in [0.1, 0.15) is 6.04 Å². The van der Waals surface area contributed by atoms with Crippen molar-refractivity contribution in [2.24, 2.45) is 5.73 Å². The summed E-state index contributed by atoms with van der Waals surface area (Å²) in [5, 5.41) is 4.72. The van der Waals surface area contributed by atoms with E-state index in [0.717, 1.165) is 5.56 Å². The van der Waals surface area contributed by atoms with Crippen molar-refractivity contribution in [1.29, 1.82) is 0 Å². The van der Waals surface area contributed by atoms with Crippen molar-refractivity contribution in [3.63, 3.8) is 0 Å². The molecule has 0 fully saturated rings. The van der Waals surface area contributed by atoms with Crippen LogP contribution in [0.15, 0.2) is 54.9 Å². The number of alkyl halides is 2. The minimum atomic E-state index is -3.21. The molecule has 6 nitrogen and oxygen atoms in total. The lowest BCUT2D eigenvalue weighted by atomic mass is 10.0. The largest absolute Gasteiger partial charge is 0.348 e. The number of nitrogens with one attached hydrogen (secondary N) is 2. The molecule has 0 spiro atoms. The molecule has 2 aromatic rings. The Labute approximate surface area is 149 Å². The highest BCUT2D eigenvalue weighted by Gasteiger charge is 2.29. The van der Waals surface area contributed by atoms with Crippen molar-refractivity contribution < 1.29 is 18.4 Å². The Hall–Kier alpha value is -2.87. The number of benzene rings is 1. The third-order valence-electron chi connectivity index (χ3n) is 3.65. The molecule has 0 aliphatic carbocycles. The summed E-state index contributed by atoms with van der Waals surface area (Å²) in [6, 6.07) is 11.1. The SMILES string of the molecule is NCC(F)(F)CNC(=O)C(Cc1ccccc1)NC(=O)c1cccnc1. The van der Waals surface area contributed by atoms with Gasteiger partial charge in [-0.2, -0.15) is 0 Å². The second-order valence-electron chi connectivity index (χ2n) is 5.74. The molecule has 2 amide bonds. The Morgan fingerprint density at radius 3 is 2.50 bits per heavy atom. The maximum absolute atomic E-state index is 13.3. The molecular weight excluding hydrogens is 342 g/mol. The highest BCUT2D eigenvalue weighted by molar-refractivity contribution is 5.97. The molecule has 8 heteroatoms. The van der Waals surface area contributed by atoms with Crippen LogP contribution in [0.1, 0.15) is 15.9 Å². The highest BCUT2D eigenvalue weighted by Crippen LogP contribution is 2.10. The van der Waals surface area contributed by atoms with Gasteiger partial charge in [-0.05, 0) is 17.7 Å². The van der Waals surface area contributed by atoms with Gasteiger partial charge in [-0.1, -0.05) is 30.3 Å². The maximum atomic E-state index is 13.3. The normalized spacial score (nSPS) is 12.3. The van der Waals surface area contributed by atoms with Gasteiger partial charge in [0.15, 0.2) is 0 Å². The van der Waals surface area contributed by atoms with Crippen LogP contribution in [-0.4, -0.2) is 41.9 Å². The van der Waals surface area contributed by atoms with Gasteiger partial charge in [0.05, 0.1) is 18.7 Å². The molecule has 0 saturated heterocycles. The van der Waals surface area contributed by atoms with Gasteiger partial charge >= 0.3 is 0 Å². The van der Waals surface area contributed by atoms with Crippen molar-refractivity contribution in [3.8, 4) is 0 Å². The molecule has 138 valence electrons. The topological polar surface area (TPSA) is 97.1 Å². The Balaban J connectivity index is 2.10. The summed E-state index contributed by atoms with van der Waals surface area (Å²) in [4.78, 5) is 28.5. The van der Waals surface area contributed by atoms with Crippen LogP contribution >= 0.6 is 0 Å². The number of amides is 2. The van der Waals surface area contributed by atoms with Crippen molar-refractivity contribution in [3.05, 3.63) is 66.0 Å². The van der Waals surface area contributed by atoms with E-state index in [1.807, 2.05) is 6.07 Å². The fourth-order valence-corrected chi connectivity index (χ4v) is 2.21. The summed E-state index contributed by atoms with van der Waals surface area (Å²) < 4.78 is 26.6. The molecule has 1 aromatic carbocycles. The lowest BCUT2D eigenvalue weighted by molar-refractivity contribution is -0.124. The van der Waals surface area contributed by atoms with Gasteiger partial charge < -0.3 is 16.4 Å². The number of carbonyl (C=O) groups excluding carboxylic acids is 2. The number of nitrogens with two attached hydrogens (primary N) is 1. The minimum absolute atomic E-state index is 0.160. The average molecular weight is 362 g/mol. The molecule has 2 rings (SSSR count). The summed E-state index contributed by atoms with van der Waals surface area (Å²) in [7, 11) is 0. The van der Waals surface area contributed by atoms with E-state index in [0.29, 0.717) is 0 Å². The van der Waals surface area contributed by atoms with E-state index in [1.165, 1.54) is 12.4 Å². The molecule has 0 aliphatic rings. The van der Waals surface area contributed by atoms with Gasteiger partial charge in [0, 0.05) is 18.8 Å². The molecule has 0 bridgehead atoms. The lowest BCUT2D eigenvalue weighted by Gasteiger charge is -2.21. The van der Waals surface area contributed by atoms with E-state index in [2.05, 4.69) is 15.6 Å². The van der Waals surface area contributed by atoms with Crippen LogP contribution < -0.4 is 16.4 Å². The first kappa shape index (κ1) is 19.5. The molecule has 1 unspecified atom stereocenters. The minimum Gasteiger partial charge on any atom is -0.348 e. The molecule has 0 saturated carbocycles. The van der Waals surface area contributed by atoms with Gasteiger partial charge in [-0.15, -0.1) is 0 Å². The first-order valence-corrected chi connectivity index (χ1v) is 8.02. The number of hydrogen-bond acceptors (Lipinski definition) is 4. The molecule has 1 atom stereocenters. The maximum Gasteiger partial charge on any atom is 0.277 e. The fourth-order valence-electron chi connectivity index (χ4n) is 2.21. The summed E-state index contributed by atoms with van der Waals surface area (Å²) in [6.07, 6.45) is 3.03. The summed E-state index contributed by atoms with van der Waals surface area (Å²) in [5.41, 5.74) is 6.02. The first-order valence-electron chi connectivity index (χ1n) is 8.02. The smallest absolute Gasteiger partial charge is 0.277 e. The number of nitrogens with zero attached hydrogens (tertiary/aromatic N) is 1. The summed E-state index contributed by atoms with van der Waals surface area (Å²) in [6.45, 7) is -1.77. The van der Waals surface area contributed by atoms with Gasteiger partial charge in [0.2, 0.25) is 5.91 Å². The van der Waals surface area contributed by atoms with Gasteiger partial charge in [-0.3, -0.25) is 14.6 Å². The second kappa shape index (κ2) is 9.00. The van der Waals surface area contributed by atoms with Crippen molar-refractivity contribution in [2.75, 3.05) is 13.1 Å². The summed E-state index contributed by atoms with van der Waals surface area (Å²) >= 11 is 0. The number of carbonyl (C=O) groups is 2. The Morgan fingerprint density at radius 2 is 1.88 bits per heavy atom. The van der Waals surface area contributed by atoms with Crippen molar-refractivity contribution in [1.82, 2.24) is 15.6 Å². The predicted molar refractivity (Wildman–Crippen MR) is 92.6 cm³/mol. The van der Waals surface area contributed by atoms with E-state index in [1.54, 1.807) is 36.4 Å². The third-order valence-corrected chi connectivity index (χ3v) is 3.65. The Morgan fingerprint density at radius 1 is 1.15 bits per heavy atom. The van der Waals surface area contributed by atoms with Crippen LogP contribution in [0, 0.1) is 0 Å². The van der Waals surface area contributed by atoms with E-state index in [9.17, 15) is 18.4 Å². The zero-order valence-electron chi connectivity index (χ0n) is 14.0. The number of rotatable bonds is 8. The lowest BCUT2D eigenvalue weighted by Crippen LogP contribution is -2.51. The molecule has 26 heavy (non-hydrogen) atoms. The zero-order chi connectivity index (χ0) is 19.0. The van der Waals surface area contributed by atoms with Crippen LogP contribution in [-0.2, 0) is 11.2 Å². The number of aromatic nitrogens is 1. The Kier molecular flexibility index (Phi) is 6.74. The fraction of sp³-hybridized carbons (Fsp3) is 0.278. The standard InChI is InChI=1S/C18H20F2N4O2/c19-18(20,11-21)12-23-17(26)15(9-13-5-2-1-3-6-13)24-16(25)14-7-4-8-22-10-14/h1-8,10,15H,9,11-12,21H2,(H,23,26)(H,24,25).